The van der Waals surface area contributed by atoms with Gasteiger partial charge in [0.2, 0.25) is 17.7 Å². The number of ketones is 1. The fraction of sp³-hybridized carbons (Fsp3) is 0.472. The number of piperidine rings is 2. The maximum atomic E-state index is 13.3. The molecule has 0 aliphatic carbocycles. The Morgan fingerprint density at radius 3 is 2.21 bits per heavy atom. The van der Waals surface area contributed by atoms with Gasteiger partial charge < -0.3 is 35.1 Å². The summed E-state index contributed by atoms with van der Waals surface area (Å²) in [6, 6.07) is 21.3. The van der Waals surface area contributed by atoms with Crippen LogP contribution in [0.5, 0.6) is 11.5 Å². The minimum absolute atomic E-state index is 0.0199. The van der Waals surface area contributed by atoms with E-state index in [9.17, 15) is 33.6 Å². The number of nitrogens with one attached hydrogen (secondary N) is 2. The number of piperazine rings is 1. The number of nitrogens with zero attached hydrogens (tertiary/aromatic N) is 6. The summed E-state index contributed by atoms with van der Waals surface area (Å²) in [6.07, 6.45) is 5.98. The van der Waals surface area contributed by atoms with Gasteiger partial charge in [-0.3, -0.25) is 48.7 Å². The van der Waals surface area contributed by atoms with Gasteiger partial charge in [-0.1, -0.05) is 18.2 Å². The van der Waals surface area contributed by atoms with Gasteiger partial charge >= 0.3 is 0 Å². The van der Waals surface area contributed by atoms with E-state index in [1.807, 2.05) is 70.2 Å². The Hall–Kier alpha value is -6.96. The zero-order valence-corrected chi connectivity index (χ0v) is 40.6. The molecule has 0 saturated carbocycles. The number of amides is 6. The van der Waals surface area contributed by atoms with E-state index in [1.165, 1.54) is 0 Å². The minimum Gasteiger partial charge on any atom is -0.457 e. The van der Waals surface area contributed by atoms with Crippen molar-refractivity contribution in [2.45, 2.75) is 76.3 Å². The van der Waals surface area contributed by atoms with Crippen molar-refractivity contribution >= 4 is 52.7 Å². The zero-order valence-electron chi connectivity index (χ0n) is 40.6. The fourth-order valence-corrected chi connectivity index (χ4v) is 10.5. The molecule has 2 atom stereocenters. The highest BCUT2D eigenvalue weighted by Crippen LogP contribution is 2.40. The first-order valence-electron chi connectivity index (χ1n) is 25.3. The number of benzene rings is 3. The Bertz CT molecular complexity index is 2640. The third-order valence-electron chi connectivity index (χ3n) is 14.4. The Balaban J connectivity index is 0.612. The molecule has 3 saturated heterocycles. The summed E-state index contributed by atoms with van der Waals surface area (Å²) in [7, 11) is 0. The van der Waals surface area contributed by atoms with E-state index in [1.54, 1.807) is 12.1 Å². The molecule has 1 aromatic heterocycles. The van der Waals surface area contributed by atoms with Crippen molar-refractivity contribution < 1.29 is 47.8 Å². The SMILES string of the molecule is NC(=O)c1c(-c2ccc(Oc3ccccc3)cc2)nn2c1NCC[C@H]2C1CCN(C(=O)COCCOCCCC(=O)CCCCN2CCN(c3ccc4c(c3)C(=O)N(C3CCC(=O)NC3=O)C4=O)CC2)CC1. The lowest BCUT2D eigenvalue weighted by atomic mass is 9.87. The van der Waals surface area contributed by atoms with Crippen LogP contribution in [-0.4, -0.2) is 151 Å². The Morgan fingerprint density at radius 2 is 1.46 bits per heavy atom. The second kappa shape index (κ2) is 23.1. The Kier molecular flexibility index (Phi) is 16.0. The molecule has 4 aromatic rings. The molecule has 19 heteroatoms. The Labute approximate surface area is 418 Å². The van der Waals surface area contributed by atoms with Crippen molar-refractivity contribution in [3.8, 4) is 22.8 Å². The molecular formula is C53H63N9O10. The topological polar surface area (TPSA) is 228 Å². The summed E-state index contributed by atoms with van der Waals surface area (Å²) in [4.78, 5) is 96.2. The molecule has 0 radical (unpaired) electrons. The van der Waals surface area contributed by atoms with Gasteiger partial charge in [-0.15, -0.1) is 0 Å². The number of Topliss-reactive ketones (excluding diaryl/α,β-unsaturated/α-hetero) is 1. The van der Waals surface area contributed by atoms with Crippen LogP contribution in [0, 0.1) is 5.92 Å². The van der Waals surface area contributed by atoms with E-state index < -0.39 is 35.6 Å². The van der Waals surface area contributed by atoms with Gasteiger partial charge in [0.15, 0.2) is 0 Å². The van der Waals surface area contributed by atoms with Crippen LogP contribution in [0.1, 0.15) is 101 Å². The number of unbranched alkanes of at least 4 members (excludes halogenated alkanes) is 1. The first kappa shape index (κ1) is 50.0. The Morgan fingerprint density at radius 1 is 0.736 bits per heavy atom. The normalized spacial score (nSPS) is 19.5. The van der Waals surface area contributed by atoms with Gasteiger partial charge in [0.1, 0.15) is 47.0 Å². The van der Waals surface area contributed by atoms with E-state index in [0.29, 0.717) is 74.9 Å². The second-order valence-electron chi connectivity index (χ2n) is 19.1. The molecule has 0 bridgehead atoms. The van der Waals surface area contributed by atoms with Crippen LogP contribution in [0.4, 0.5) is 11.5 Å². The highest BCUT2D eigenvalue weighted by Gasteiger charge is 2.45. The number of rotatable bonds is 21. The third kappa shape index (κ3) is 11.5. The lowest BCUT2D eigenvalue weighted by Crippen LogP contribution is -2.54. The molecule has 19 nitrogen and oxygen atoms in total. The molecule has 9 rings (SSSR count). The quantitative estimate of drug-likeness (QED) is 0.0752. The number of anilines is 2. The van der Waals surface area contributed by atoms with Gasteiger partial charge in [-0.25, -0.2) is 4.68 Å². The number of nitrogens with two attached hydrogens (primary N) is 1. The number of fused-ring (bicyclic) bond motifs is 2. The van der Waals surface area contributed by atoms with Crippen LogP contribution in [-0.2, 0) is 28.7 Å². The smallest absolute Gasteiger partial charge is 0.262 e. The van der Waals surface area contributed by atoms with Gasteiger partial charge in [0.05, 0.1) is 30.4 Å². The number of hydrogen-bond acceptors (Lipinski definition) is 14. The molecule has 380 valence electrons. The average Bonchev–Trinajstić information content (AvgIpc) is 3.91. The van der Waals surface area contributed by atoms with Crippen molar-refractivity contribution in [2.75, 3.05) is 89.0 Å². The molecule has 6 amide bonds. The van der Waals surface area contributed by atoms with Crippen LogP contribution < -0.4 is 26.0 Å². The third-order valence-corrected chi connectivity index (χ3v) is 14.4. The van der Waals surface area contributed by atoms with E-state index in [4.69, 9.17) is 25.0 Å². The molecule has 5 aliphatic heterocycles. The molecule has 5 aliphatic rings. The maximum absolute atomic E-state index is 13.3. The van der Waals surface area contributed by atoms with Gasteiger partial charge in [0, 0.05) is 82.9 Å². The number of imide groups is 2. The monoisotopic (exact) mass is 985 g/mol. The minimum atomic E-state index is -0.991. The number of carbonyl (C=O) groups excluding carboxylic acids is 7. The van der Waals surface area contributed by atoms with Crippen molar-refractivity contribution in [2.24, 2.45) is 11.7 Å². The van der Waals surface area contributed by atoms with Crippen LogP contribution in [0.25, 0.3) is 11.3 Å². The predicted molar refractivity (Wildman–Crippen MR) is 266 cm³/mol. The predicted octanol–water partition coefficient (Wildman–Crippen LogP) is 4.81. The number of carbonyl (C=O) groups is 7. The number of para-hydroxylation sites is 1. The van der Waals surface area contributed by atoms with Crippen molar-refractivity contribution in [1.82, 2.24) is 29.8 Å². The van der Waals surface area contributed by atoms with Gasteiger partial charge in [-0.2, -0.15) is 5.10 Å². The lowest BCUT2D eigenvalue weighted by Gasteiger charge is -2.38. The highest BCUT2D eigenvalue weighted by atomic mass is 16.5. The van der Waals surface area contributed by atoms with E-state index in [-0.39, 0.29) is 60.8 Å². The summed E-state index contributed by atoms with van der Waals surface area (Å²) in [6.45, 7) is 7.00. The number of ether oxygens (including phenoxy) is 3. The van der Waals surface area contributed by atoms with Crippen molar-refractivity contribution in [3.63, 3.8) is 0 Å². The zero-order chi connectivity index (χ0) is 50.1. The first-order valence-corrected chi connectivity index (χ1v) is 25.3. The maximum Gasteiger partial charge on any atom is 0.262 e. The van der Waals surface area contributed by atoms with Crippen LogP contribution in [0.3, 0.4) is 0 Å². The summed E-state index contributed by atoms with van der Waals surface area (Å²) in [5.74, 6) is -0.135. The van der Waals surface area contributed by atoms with E-state index in [2.05, 4.69) is 20.4 Å². The largest absolute Gasteiger partial charge is 0.457 e. The number of primary amides is 1. The standard InChI is InChI=1S/C53H63N9O10/c54-49(66)47-48(36-11-14-40(15-12-36)72-39-9-2-1-3-10-39)57-62-43(19-22-55-50(47)62)35-20-24-60(25-21-35)46(65)34-71-32-31-70-30-6-8-38(63)7-4-5-23-58-26-28-59(29-27-58)37-13-16-41-42(33-37)53(69)61(52(41)68)44-17-18-45(64)56-51(44)67/h1-3,9-16,33,35,43-44,55H,4-8,17-32,34H2,(H2,54,66)(H,56,64,67)/t43-,44?/m0/s1. The fourth-order valence-electron chi connectivity index (χ4n) is 10.5. The average molecular weight is 986 g/mol. The van der Waals surface area contributed by atoms with Gasteiger partial charge in [0.25, 0.3) is 17.7 Å². The molecule has 3 fully saturated rings. The van der Waals surface area contributed by atoms with Gasteiger partial charge in [-0.05, 0) is 112 Å². The molecule has 0 spiro atoms. The summed E-state index contributed by atoms with van der Waals surface area (Å²) < 4.78 is 19.3. The highest BCUT2D eigenvalue weighted by molar-refractivity contribution is 6.23. The molecular weight excluding hydrogens is 923 g/mol. The number of hydrogen-bond donors (Lipinski definition) is 3. The summed E-state index contributed by atoms with van der Waals surface area (Å²) in [5.41, 5.74) is 9.00. The molecule has 6 heterocycles. The first-order chi connectivity index (χ1) is 35.0. The van der Waals surface area contributed by atoms with E-state index >= 15 is 0 Å². The van der Waals surface area contributed by atoms with Crippen molar-refractivity contribution in [1.29, 1.82) is 0 Å². The van der Waals surface area contributed by atoms with Crippen LogP contribution in [0.15, 0.2) is 72.8 Å². The second-order valence-corrected chi connectivity index (χ2v) is 19.1. The number of likely N-dealkylation sites (tertiary alicyclic amines) is 1. The molecule has 4 N–H and O–H groups in total. The van der Waals surface area contributed by atoms with Crippen LogP contribution in [0.2, 0.25) is 0 Å². The summed E-state index contributed by atoms with van der Waals surface area (Å²) >= 11 is 0. The van der Waals surface area contributed by atoms with E-state index in [0.717, 1.165) is 86.7 Å². The molecule has 72 heavy (non-hydrogen) atoms. The molecule has 3 aromatic carbocycles. The van der Waals surface area contributed by atoms with Crippen LogP contribution >= 0.6 is 0 Å². The number of aromatic nitrogens is 2. The molecule has 1 unspecified atom stereocenters. The van der Waals surface area contributed by atoms with Crippen molar-refractivity contribution in [3.05, 3.63) is 89.5 Å². The summed E-state index contributed by atoms with van der Waals surface area (Å²) in [5, 5.41) is 10.6. The lowest BCUT2D eigenvalue weighted by molar-refractivity contribution is -0.138.